The van der Waals surface area contributed by atoms with Gasteiger partial charge in [0, 0.05) is 31.0 Å². The lowest BCUT2D eigenvalue weighted by Crippen LogP contribution is -2.44. The average molecular weight is 335 g/mol. The summed E-state index contributed by atoms with van der Waals surface area (Å²) in [5, 5.41) is 7.83. The van der Waals surface area contributed by atoms with Crippen LogP contribution in [-0.2, 0) is 7.05 Å². The molecule has 1 aliphatic carbocycles. The van der Waals surface area contributed by atoms with Crippen molar-refractivity contribution >= 4 is 11.4 Å². The molecule has 0 amide bonds. The molecule has 2 heterocycles. The molecule has 1 aliphatic heterocycles. The highest BCUT2D eigenvalue weighted by Crippen LogP contribution is 2.30. The first-order valence-corrected chi connectivity index (χ1v) is 9.05. The number of anilines is 1. The van der Waals surface area contributed by atoms with Gasteiger partial charge in [-0.05, 0) is 25.3 Å². The second-order valence-corrected chi connectivity index (χ2v) is 6.96. The predicted octanol–water partition coefficient (Wildman–Crippen LogP) is 3.77. The van der Waals surface area contributed by atoms with E-state index in [1.54, 1.807) is 0 Å². The summed E-state index contributed by atoms with van der Waals surface area (Å²) in [4.78, 5) is 7.49. The number of aromatic nitrogens is 2. The Bertz CT molecular complexity index is 783. The van der Waals surface area contributed by atoms with Gasteiger partial charge in [-0.3, -0.25) is 4.68 Å². The van der Waals surface area contributed by atoms with E-state index < -0.39 is 0 Å². The third-order valence-electron chi connectivity index (χ3n) is 5.04. The van der Waals surface area contributed by atoms with E-state index in [1.165, 1.54) is 36.8 Å². The van der Waals surface area contributed by atoms with Crippen molar-refractivity contribution in [3.8, 4) is 0 Å². The molecule has 1 unspecified atom stereocenters. The van der Waals surface area contributed by atoms with Crippen molar-refractivity contribution in [2.45, 2.75) is 44.9 Å². The van der Waals surface area contributed by atoms with E-state index in [2.05, 4.69) is 52.7 Å². The zero-order valence-electron chi connectivity index (χ0n) is 14.9. The molecule has 1 aromatic heterocycles. The van der Waals surface area contributed by atoms with Gasteiger partial charge in [0.25, 0.3) is 0 Å². The summed E-state index contributed by atoms with van der Waals surface area (Å²) >= 11 is 0. The van der Waals surface area contributed by atoms with Crippen molar-refractivity contribution in [1.82, 2.24) is 14.7 Å². The predicted molar refractivity (Wildman–Crippen MR) is 101 cm³/mol. The van der Waals surface area contributed by atoms with E-state index in [-0.39, 0.29) is 6.29 Å². The lowest BCUT2D eigenvalue weighted by molar-refractivity contribution is 0.225. The van der Waals surface area contributed by atoms with Crippen LogP contribution in [0, 0.1) is 0 Å². The van der Waals surface area contributed by atoms with Crippen molar-refractivity contribution in [3.05, 3.63) is 60.1 Å². The molecule has 1 N–H and O–H groups in total. The number of nitrogens with one attached hydrogen (secondary N) is 1. The van der Waals surface area contributed by atoms with E-state index >= 15 is 0 Å². The first-order valence-electron chi connectivity index (χ1n) is 9.05. The molecule has 5 nitrogen and oxygen atoms in total. The highest BCUT2D eigenvalue weighted by atomic mass is 15.4. The van der Waals surface area contributed by atoms with Gasteiger partial charge in [0.15, 0.2) is 6.29 Å². The summed E-state index contributed by atoms with van der Waals surface area (Å²) in [5.41, 5.74) is 4.46. The van der Waals surface area contributed by atoms with Crippen molar-refractivity contribution in [2.24, 2.45) is 12.0 Å². The fourth-order valence-electron chi connectivity index (χ4n) is 3.80. The minimum Gasteiger partial charge on any atom is -0.344 e. The maximum Gasteiger partial charge on any atom is 0.197 e. The maximum absolute atomic E-state index is 5.09. The zero-order valence-corrected chi connectivity index (χ0v) is 14.9. The minimum absolute atomic E-state index is 0.0915. The molecule has 0 spiro atoms. The third-order valence-corrected chi connectivity index (χ3v) is 5.04. The van der Waals surface area contributed by atoms with Crippen LogP contribution in [0.25, 0.3) is 0 Å². The van der Waals surface area contributed by atoms with E-state index in [4.69, 9.17) is 4.99 Å². The number of aliphatic imine (C=N–C) groups is 1. The highest BCUT2D eigenvalue weighted by molar-refractivity contribution is 6.12. The summed E-state index contributed by atoms with van der Waals surface area (Å²) in [6.07, 6.45) is 11.2. The topological polar surface area (TPSA) is 45.5 Å². The molecule has 4 rings (SSSR count). The Morgan fingerprint density at radius 2 is 1.88 bits per heavy atom. The van der Waals surface area contributed by atoms with E-state index in [0.29, 0.717) is 6.04 Å². The Kier molecular flexibility index (Phi) is 4.30. The molecule has 130 valence electrons. The Morgan fingerprint density at radius 1 is 1.12 bits per heavy atom. The van der Waals surface area contributed by atoms with Gasteiger partial charge in [0.1, 0.15) is 0 Å². The summed E-state index contributed by atoms with van der Waals surface area (Å²) in [6.45, 7) is 2.16. The van der Waals surface area contributed by atoms with Crippen LogP contribution in [0.4, 0.5) is 5.69 Å². The van der Waals surface area contributed by atoms with E-state index in [0.717, 1.165) is 11.4 Å². The van der Waals surface area contributed by atoms with Crippen LogP contribution in [0.5, 0.6) is 0 Å². The van der Waals surface area contributed by atoms with Crippen molar-refractivity contribution < 1.29 is 0 Å². The minimum atomic E-state index is -0.0915. The van der Waals surface area contributed by atoms with Crippen LogP contribution < -0.4 is 5.32 Å². The van der Waals surface area contributed by atoms with Crippen LogP contribution in [-0.4, -0.2) is 32.7 Å². The molecule has 2 aliphatic rings. The number of allylic oxidation sites excluding steroid dienone is 1. The number of hydrogen-bond acceptors (Lipinski definition) is 4. The molecule has 1 saturated carbocycles. The van der Waals surface area contributed by atoms with Crippen LogP contribution in [0.1, 0.15) is 38.2 Å². The summed E-state index contributed by atoms with van der Waals surface area (Å²) in [5.74, 6) is 0. The standard InChI is InChI=1S/C20H25N5/c1-15-13-25(18-10-6-7-11-18)20(22-17-12-21-24(2)14-17)23-19(15)16-8-4-3-5-9-16/h3-5,8-9,12-14,18,20,22H,6-7,10-11H2,1-2H3. The second kappa shape index (κ2) is 6.75. The molecule has 1 aromatic carbocycles. The van der Waals surface area contributed by atoms with Gasteiger partial charge >= 0.3 is 0 Å². The van der Waals surface area contributed by atoms with E-state index in [9.17, 15) is 0 Å². The molecule has 0 radical (unpaired) electrons. The quantitative estimate of drug-likeness (QED) is 0.925. The van der Waals surface area contributed by atoms with Gasteiger partial charge in [0.2, 0.25) is 0 Å². The first-order chi connectivity index (χ1) is 12.2. The normalized spacial score (nSPS) is 21.2. The van der Waals surface area contributed by atoms with Crippen molar-refractivity contribution in [3.63, 3.8) is 0 Å². The smallest absolute Gasteiger partial charge is 0.197 e. The molecule has 1 atom stereocenters. The van der Waals surface area contributed by atoms with Crippen molar-refractivity contribution in [1.29, 1.82) is 0 Å². The van der Waals surface area contributed by atoms with Gasteiger partial charge in [-0.2, -0.15) is 5.10 Å². The highest BCUT2D eigenvalue weighted by Gasteiger charge is 2.30. The number of rotatable bonds is 4. The first kappa shape index (κ1) is 15.9. The molecular weight excluding hydrogens is 310 g/mol. The van der Waals surface area contributed by atoms with Crippen LogP contribution in [0.3, 0.4) is 0 Å². The lowest BCUT2D eigenvalue weighted by atomic mass is 10.0. The van der Waals surface area contributed by atoms with Gasteiger partial charge in [-0.25, -0.2) is 4.99 Å². The fourth-order valence-corrected chi connectivity index (χ4v) is 3.80. The average Bonchev–Trinajstić information content (AvgIpc) is 3.29. The zero-order chi connectivity index (χ0) is 17.2. The van der Waals surface area contributed by atoms with Gasteiger partial charge in [-0.15, -0.1) is 0 Å². The molecule has 2 aromatic rings. The third kappa shape index (κ3) is 3.31. The summed E-state index contributed by atoms with van der Waals surface area (Å²) in [6, 6.07) is 11.0. The summed E-state index contributed by atoms with van der Waals surface area (Å²) < 4.78 is 1.81. The summed E-state index contributed by atoms with van der Waals surface area (Å²) in [7, 11) is 1.93. The van der Waals surface area contributed by atoms with Crippen molar-refractivity contribution in [2.75, 3.05) is 5.32 Å². The molecule has 5 heteroatoms. The van der Waals surface area contributed by atoms with Gasteiger partial charge in [0.05, 0.1) is 17.6 Å². The maximum atomic E-state index is 5.09. The second-order valence-electron chi connectivity index (χ2n) is 6.96. The molecule has 1 fully saturated rings. The van der Waals surface area contributed by atoms with Crippen LogP contribution in [0.2, 0.25) is 0 Å². The largest absolute Gasteiger partial charge is 0.344 e. The number of benzene rings is 1. The Hall–Kier alpha value is -2.56. The van der Waals surface area contributed by atoms with Crippen LogP contribution >= 0.6 is 0 Å². The Balaban J connectivity index is 1.67. The van der Waals surface area contributed by atoms with Crippen LogP contribution in [0.15, 0.2) is 59.5 Å². The Morgan fingerprint density at radius 3 is 2.56 bits per heavy atom. The molecule has 0 bridgehead atoms. The Labute approximate surface area is 149 Å². The molecule has 0 saturated heterocycles. The molecule has 25 heavy (non-hydrogen) atoms. The lowest BCUT2D eigenvalue weighted by Gasteiger charge is -2.37. The number of nitrogens with zero attached hydrogens (tertiary/aromatic N) is 4. The molecular formula is C20H25N5. The van der Waals surface area contributed by atoms with Gasteiger partial charge < -0.3 is 10.2 Å². The number of aryl methyl sites for hydroxylation is 1. The monoisotopic (exact) mass is 335 g/mol. The SMILES string of the molecule is CC1=CN(C2CCCC2)C(Nc2cnn(C)c2)N=C1c1ccccc1. The van der Waals surface area contributed by atoms with E-state index in [1.807, 2.05) is 30.2 Å². The van der Waals surface area contributed by atoms with Gasteiger partial charge in [-0.1, -0.05) is 43.2 Å². The fraction of sp³-hybridized carbons (Fsp3) is 0.400. The number of hydrogen-bond donors (Lipinski definition) is 1.